The van der Waals surface area contributed by atoms with Gasteiger partial charge in [-0.1, -0.05) is 17.7 Å². The Morgan fingerprint density at radius 3 is 2.11 bits per heavy atom. The number of sulfonamides is 1. The fourth-order valence-electron chi connectivity index (χ4n) is 2.12. The van der Waals surface area contributed by atoms with E-state index in [9.17, 15) is 8.42 Å². The molecule has 0 bridgehead atoms. The fraction of sp³-hybridized carbons (Fsp3) is 0.538. The lowest BCUT2D eigenvalue weighted by atomic mass is 10.1. The largest absolute Gasteiger partial charge is 0.318 e. The molecule has 0 heterocycles. The average Bonchev–Trinajstić information content (AvgIpc) is 2.23. The number of aryl methyl sites for hydroxylation is 3. The highest BCUT2D eigenvalue weighted by Gasteiger charge is 2.24. The van der Waals surface area contributed by atoms with Crippen LogP contribution in [0.2, 0.25) is 0 Å². The molecule has 0 saturated carbocycles. The zero-order chi connectivity index (χ0) is 13.9. The molecule has 0 unspecified atom stereocenters. The summed E-state index contributed by atoms with van der Waals surface area (Å²) in [5, 5.41) is 2.95. The Bertz CT molecular complexity index is 501. The van der Waals surface area contributed by atoms with Crippen LogP contribution in [-0.2, 0) is 10.0 Å². The van der Waals surface area contributed by atoms with E-state index in [4.69, 9.17) is 0 Å². The molecule has 0 saturated heterocycles. The zero-order valence-corrected chi connectivity index (χ0v) is 12.6. The Morgan fingerprint density at radius 2 is 1.67 bits per heavy atom. The highest BCUT2D eigenvalue weighted by atomic mass is 32.2. The number of benzene rings is 1. The van der Waals surface area contributed by atoms with E-state index in [-0.39, 0.29) is 0 Å². The third kappa shape index (κ3) is 3.10. The molecule has 102 valence electrons. The van der Waals surface area contributed by atoms with Crippen LogP contribution < -0.4 is 5.32 Å². The summed E-state index contributed by atoms with van der Waals surface area (Å²) in [7, 11) is 0.0289. The summed E-state index contributed by atoms with van der Waals surface area (Å²) < 4.78 is 26.4. The molecule has 1 aromatic carbocycles. The second kappa shape index (κ2) is 5.82. The fourth-order valence-corrected chi connectivity index (χ4v) is 3.69. The topological polar surface area (TPSA) is 49.4 Å². The number of hydrogen-bond acceptors (Lipinski definition) is 3. The van der Waals surface area contributed by atoms with Crippen molar-refractivity contribution < 1.29 is 8.42 Å². The second-order valence-electron chi connectivity index (χ2n) is 4.66. The standard InChI is InChI=1S/C13H22N2O2S/c1-10-8-11(2)13(12(3)9-10)18(16,17)15(5)7-6-14-4/h8-9,14H,6-7H2,1-5H3. The third-order valence-electron chi connectivity index (χ3n) is 2.95. The van der Waals surface area contributed by atoms with E-state index in [2.05, 4.69) is 5.32 Å². The molecule has 1 rings (SSSR count). The lowest BCUT2D eigenvalue weighted by molar-refractivity contribution is 0.465. The predicted octanol–water partition coefficient (Wildman–Crippen LogP) is 1.45. The Kier molecular flexibility index (Phi) is 4.90. The highest BCUT2D eigenvalue weighted by molar-refractivity contribution is 7.89. The van der Waals surface area contributed by atoms with Gasteiger partial charge in [-0.15, -0.1) is 0 Å². The predicted molar refractivity (Wildman–Crippen MR) is 74.4 cm³/mol. The minimum Gasteiger partial charge on any atom is -0.318 e. The van der Waals surface area contributed by atoms with Crippen LogP contribution >= 0.6 is 0 Å². The number of rotatable bonds is 5. The molecule has 0 aromatic heterocycles. The molecule has 0 radical (unpaired) electrons. The molecule has 0 aliphatic rings. The number of nitrogens with one attached hydrogen (secondary N) is 1. The van der Waals surface area contributed by atoms with E-state index >= 15 is 0 Å². The van der Waals surface area contributed by atoms with Gasteiger partial charge in [-0.25, -0.2) is 8.42 Å². The van der Waals surface area contributed by atoms with Gasteiger partial charge in [0.05, 0.1) is 4.90 Å². The van der Waals surface area contributed by atoms with Crippen LogP contribution in [0, 0.1) is 20.8 Å². The first kappa shape index (κ1) is 15.1. The molecule has 5 heteroatoms. The molecule has 1 aromatic rings. The van der Waals surface area contributed by atoms with Crippen LogP contribution in [0.5, 0.6) is 0 Å². The van der Waals surface area contributed by atoms with Crippen molar-refractivity contribution in [2.45, 2.75) is 25.7 Å². The smallest absolute Gasteiger partial charge is 0.243 e. The van der Waals surface area contributed by atoms with Crippen LogP contribution in [0.4, 0.5) is 0 Å². The summed E-state index contributed by atoms with van der Waals surface area (Å²) in [6, 6.07) is 3.82. The summed E-state index contributed by atoms with van der Waals surface area (Å²) in [6.07, 6.45) is 0. The average molecular weight is 270 g/mol. The van der Waals surface area contributed by atoms with E-state index in [1.807, 2.05) is 40.0 Å². The highest BCUT2D eigenvalue weighted by Crippen LogP contribution is 2.24. The van der Waals surface area contributed by atoms with Crippen molar-refractivity contribution in [2.75, 3.05) is 27.2 Å². The van der Waals surface area contributed by atoms with E-state index in [1.54, 1.807) is 7.05 Å². The first-order valence-electron chi connectivity index (χ1n) is 5.99. The van der Waals surface area contributed by atoms with Crippen LogP contribution in [-0.4, -0.2) is 39.9 Å². The maximum Gasteiger partial charge on any atom is 0.243 e. The summed E-state index contributed by atoms with van der Waals surface area (Å²) in [5.74, 6) is 0. The van der Waals surface area contributed by atoms with E-state index in [0.29, 0.717) is 18.0 Å². The lowest BCUT2D eigenvalue weighted by Gasteiger charge is -2.20. The Balaban J connectivity index is 3.20. The van der Waals surface area contributed by atoms with Crippen molar-refractivity contribution in [3.63, 3.8) is 0 Å². The van der Waals surface area contributed by atoms with Gasteiger partial charge in [0.1, 0.15) is 0 Å². The quantitative estimate of drug-likeness (QED) is 0.881. The molecular weight excluding hydrogens is 248 g/mol. The lowest BCUT2D eigenvalue weighted by Crippen LogP contribution is -2.33. The molecule has 0 aliphatic carbocycles. The van der Waals surface area contributed by atoms with Gasteiger partial charge in [-0.2, -0.15) is 4.31 Å². The molecule has 0 aliphatic heterocycles. The van der Waals surface area contributed by atoms with E-state index in [1.165, 1.54) is 4.31 Å². The number of likely N-dealkylation sites (N-methyl/N-ethyl adjacent to an activating group) is 2. The van der Waals surface area contributed by atoms with Gasteiger partial charge >= 0.3 is 0 Å². The normalized spacial score (nSPS) is 12.1. The number of nitrogens with zero attached hydrogens (tertiary/aromatic N) is 1. The van der Waals surface area contributed by atoms with Crippen LogP contribution in [0.25, 0.3) is 0 Å². The summed E-state index contributed by atoms with van der Waals surface area (Å²) in [5.41, 5.74) is 2.70. The van der Waals surface area contributed by atoms with Crippen LogP contribution in [0.3, 0.4) is 0 Å². The van der Waals surface area contributed by atoms with Crippen molar-refractivity contribution in [3.8, 4) is 0 Å². The molecule has 4 nitrogen and oxygen atoms in total. The Hall–Kier alpha value is -0.910. The molecule has 0 spiro atoms. The van der Waals surface area contributed by atoms with Crippen molar-refractivity contribution in [2.24, 2.45) is 0 Å². The summed E-state index contributed by atoms with van der Waals surface area (Å²) in [6.45, 7) is 6.77. The molecule has 0 atom stereocenters. The summed E-state index contributed by atoms with van der Waals surface area (Å²) in [4.78, 5) is 0.437. The Labute approximate surface area is 110 Å². The van der Waals surface area contributed by atoms with Crippen LogP contribution in [0.1, 0.15) is 16.7 Å². The zero-order valence-electron chi connectivity index (χ0n) is 11.7. The minimum absolute atomic E-state index is 0.437. The molecule has 1 N–H and O–H groups in total. The first-order chi connectivity index (χ1) is 8.30. The maximum absolute atomic E-state index is 12.5. The van der Waals surface area contributed by atoms with Crippen molar-refractivity contribution in [1.29, 1.82) is 0 Å². The van der Waals surface area contributed by atoms with Gasteiger partial charge in [0.2, 0.25) is 10.0 Å². The third-order valence-corrected chi connectivity index (χ3v) is 5.11. The van der Waals surface area contributed by atoms with Gasteiger partial charge in [-0.3, -0.25) is 0 Å². The van der Waals surface area contributed by atoms with Crippen molar-refractivity contribution in [3.05, 3.63) is 28.8 Å². The Morgan fingerprint density at radius 1 is 1.17 bits per heavy atom. The molecule has 0 fully saturated rings. The molecular formula is C13H22N2O2S. The minimum atomic E-state index is -3.40. The van der Waals surface area contributed by atoms with Gasteiger partial charge in [0.25, 0.3) is 0 Å². The molecule has 0 amide bonds. The maximum atomic E-state index is 12.5. The van der Waals surface area contributed by atoms with Gasteiger partial charge in [0, 0.05) is 20.1 Å². The first-order valence-corrected chi connectivity index (χ1v) is 7.43. The van der Waals surface area contributed by atoms with E-state index < -0.39 is 10.0 Å². The van der Waals surface area contributed by atoms with Crippen molar-refractivity contribution in [1.82, 2.24) is 9.62 Å². The van der Waals surface area contributed by atoms with Crippen LogP contribution in [0.15, 0.2) is 17.0 Å². The SMILES string of the molecule is CNCCN(C)S(=O)(=O)c1c(C)cc(C)cc1C. The molecule has 18 heavy (non-hydrogen) atoms. The second-order valence-corrected chi connectivity index (χ2v) is 6.64. The van der Waals surface area contributed by atoms with Gasteiger partial charge in [0.15, 0.2) is 0 Å². The monoisotopic (exact) mass is 270 g/mol. The van der Waals surface area contributed by atoms with Gasteiger partial charge in [-0.05, 0) is 38.9 Å². The van der Waals surface area contributed by atoms with E-state index in [0.717, 1.165) is 16.7 Å². The van der Waals surface area contributed by atoms with Gasteiger partial charge < -0.3 is 5.32 Å². The van der Waals surface area contributed by atoms with Crippen molar-refractivity contribution >= 4 is 10.0 Å². The number of hydrogen-bond donors (Lipinski definition) is 1. The summed E-state index contributed by atoms with van der Waals surface area (Å²) >= 11 is 0.